The van der Waals surface area contributed by atoms with Crippen LogP contribution in [0.2, 0.25) is 0 Å². The van der Waals surface area contributed by atoms with E-state index in [0.717, 1.165) is 5.56 Å². The Hall–Kier alpha value is -3.61. The van der Waals surface area contributed by atoms with E-state index >= 15 is 0 Å². The van der Waals surface area contributed by atoms with Crippen LogP contribution in [0.15, 0.2) is 88.1 Å². The lowest BCUT2D eigenvalue weighted by Gasteiger charge is -2.12. The van der Waals surface area contributed by atoms with E-state index in [0.29, 0.717) is 41.3 Å². The molecule has 3 aromatic carbocycles. The molecule has 0 atom stereocenters. The Kier molecular flexibility index (Phi) is 7.17. The summed E-state index contributed by atoms with van der Waals surface area (Å²) in [5, 5.41) is 9.20. The first-order valence-electron chi connectivity index (χ1n) is 10.4. The van der Waals surface area contributed by atoms with Crippen molar-refractivity contribution in [2.45, 2.75) is 6.61 Å². The van der Waals surface area contributed by atoms with Gasteiger partial charge in [0.1, 0.15) is 24.5 Å². The van der Waals surface area contributed by atoms with E-state index in [9.17, 15) is 4.79 Å². The molecule has 1 heterocycles. The molecule has 0 unspecified atom stereocenters. The number of hydrogen-bond donors (Lipinski definition) is 1. The third-order valence-electron chi connectivity index (χ3n) is 4.83. The maximum absolute atomic E-state index is 13.2. The molecule has 1 aromatic heterocycles. The van der Waals surface area contributed by atoms with Crippen LogP contribution in [0.5, 0.6) is 11.5 Å². The van der Waals surface area contributed by atoms with Crippen molar-refractivity contribution < 1.29 is 23.7 Å². The summed E-state index contributed by atoms with van der Waals surface area (Å²) in [6.45, 7) is 1.29. The number of ether oxygens (including phenoxy) is 3. The molecule has 32 heavy (non-hydrogen) atoms. The van der Waals surface area contributed by atoms with Gasteiger partial charge in [0.15, 0.2) is 5.76 Å². The van der Waals surface area contributed by atoms with E-state index in [2.05, 4.69) is 0 Å². The minimum Gasteiger partial charge on any atom is -0.491 e. The third-order valence-corrected chi connectivity index (χ3v) is 4.83. The van der Waals surface area contributed by atoms with Crippen molar-refractivity contribution in [3.8, 4) is 22.8 Å². The molecular formula is C26H24O6. The standard InChI is InChI=1S/C26H24O6/c27-14-15-29-16-17-30-21-12-10-20(11-13-21)25-26(31-18-19-6-2-1-3-7-19)24(28)22-8-4-5-9-23(22)32-25/h1-13,27H,14-18H2. The van der Waals surface area contributed by atoms with Crippen LogP contribution in [0.25, 0.3) is 22.3 Å². The minimum atomic E-state index is -0.209. The monoisotopic (exact) mass is 432 g/mol. The highest BCUT2D eigenvalue weighted by molar-refractivity contribution is 5.82. The van der Waals surface area contributed by atoms with Crippen LogP contribution >= 0.6 is 0 Å². The van der Waals surface area contributed by atoms with Gasteiger partial charge in [-0.25, -0.2) is 0 Å². The zero-order valence-corrected chi connectivity index (χ0v) is 17.5. The van der Waals surface area contributed by atoms with E-state index in [4.69, 9.17) is 23.7 Å². The summed E-state index contributed by atoms with van der Waals surface area (Å²) in [7, 11) is 0. The van der Waals surface area contributed by atoms with Gasteiger partial charge in [0.25, 0.3) is 0 Å². The van der Waals surface area contributed by atoms with Crippen LogP contribution in [0.3, 0.4) is 0 Å². The quantitative estimate of drug-likeness (QED) is 0.374. The Morgan fingerprint density at radius 3 is 2.31 bits per heavy atom. The van der Waals surface area contributed by atoms with E-state index in [1.54, 1.807) is 30.3 Å². The first kappa shape index (κ1) is 21.6. The molecule has 164 valence electrons. The molecule has 0 amide bonds. The number of fused-ring (bicyclic) bond motifs is 1. The third kappa shape index (κ3) is 5.17. The molecule has 6 heteroatoms. The Bertz CT molecular complexity index is 1200. The predicted molar refractivity (Wildman–Crippen MR) is 122 cm³/mol. The van der Waals surface area contributed by atoms with Gasteiger partial charge < -0.3 is 23.7 Å². The Morgan fingerprint density at radius 2 is 1.53 bits per heavy atom. The summed E-state index contributed by atoms with van der Waals surface area (Å²) in [5.41, 5.74) is 1.96. The summed E-state index contributed by atoms with van der Waals surface area (Å²) in [6, 6.07) is 24.1. The Balaban J connectivity index is 1.61. The van der Waals surface area contributed by atoms with E-state index < -0.39 is 0 Å². The van der Waals surface area contributed by atoms with Gasteiger partial charge in [0.2, 0.25) is 11.2 Å². The van der Waals surface area contributed by atoms with Crippen molar-refractivity contribution in [2.75, 3.05) is 26.4 Å². The zero-order chi connectivity index (χ0) is 22.2. The van der Waals surface area contributed by atoms with E-state index in [-0.39, 0.29) is 31.0 Å². The molecule has 0 spiro atoms. The van der Waals surface area contributed by atoms with Crippen molar-refractivity contribution in [3.63, 3.8) is 0 Å². The SMILES string of the molecule is O=c1c(OCc2ccccc2)c(-c2ccc(OCCOCCO)cc2)oc2ccccc12. The fourth-order valence-electron chi connectivity index (χ4n) is 3.26. The van der Waals surface area contributed by atoms with Gasteiger partial charge in [-0.05, 0) is 42.0 Å². The first-order chi connectivity index (χ1) is 15.8. The summed E-state index contributed by atoms with van der Waals surface area (Å²) in [5.74, 6) is 1.22. The normalized spacial score (nSPS) is 10.9. The summed E-state index contributed by atoms with van der Waals surface area (Å²) in [4.78, 5) is 13.2. The minimum absolute atomic E-state index is 0.0136. The van der Waals surface area contributed by atoms with E-state index in [1.807, 2.05) is 48.5 Å². The average Bonchev–Trinajstić information content (AvgIpc) is 2.84. The van der Waals surface area contributed by atoms with Gasteiger partial charge in [-0.1, -0.05) is 42.5 Å². The molecule has 0 saturated heterocycles. The lowest BCUT2D eigenvalue weighted by atomic mass is 10.1. The second kappa shape index (κ2) is 10.6. The summed E-state index contributed by atoms with van der Waals surface area (Å²) in [6.07, 6.45) is 0. The highest BCUT2D eigenvalue weighted by Gasteiger charge is 2.18. The molecule has 4 rings (SSSR count). The molecule has 0 aliphatic rings. The number of aliphatic hydroxyl groups is 1. The van der Waals surface area contributed by atoms with Crippen molar-refractivity contribution >= 4 is 11.0 Å². The van der Waals surface area contributed by atoms with Crippen LogP contribution in [0.1, 0.15) is 5.56 Å². The topological polar surface area (TPSA) is 78.1 Å². The predicted octanol–water partition coefficient (Wildman–Crippen LogP) is 4.43. The van der Waals surface area contributed by atoms with Gasteiger partial charge in [-0.15, -0.1) is 0 Å². The second-order valence-corrected chi connectivity index (χ2v) is 7.07. The van der Waals surface area contributed by atoms with E-state index in [1.165, 1.54) is 0 Å². The van der Waals surface area contributed by atoms with Gasteiger partial charge in [-0.3, -0.25) is 4.79 Å². The maximum atomic E-state index is 13.2. The van der Waals surface area contributed by atoms with Gasteiger partial charge in [0, 0.05) is 5.56 Å². The van der Waals surface area contributed by atoms with Crippen molar-refractivity contribution in [1.29, 1.82) is 0 Å². The van der Waals surface area contributed by atoms with Gasteiger partial charge in [0.05, 0.1) is 25.2 Å². The molecule has 6 nitrogen and oxygen atoms in total. The molecular weight excluding hydrogens is 408 g/mol. The Morgan fingerprint density at radius 1 is 0.781 bits per heavy atom. The highest BCUT2D eigenvalue weighted by Crippen LogP contribution is 2.32. The van der Waals surface area contributed by atoms with Crippen molar-refractivity contribution in [2.24, 2.45) is 0 Å². The molecule has 0 fully saturated rings. The van der Waals surface area contributed by atoms with Crippen molar-refractivity contribution in [3.05, 3.63) is 94.6 Å². The lowest BCUT2D eigenvalue weighted by molar-refractivity contribution is 0.0705. The Labute approximate surface area is 185 Å². The fraction of sp³-hybridized carbons (Fsp3) is 0.192. The summed E-state index contributed by atoms with van der Waals surface area (Å²) < 4.78 is 22.9. The average molecular weight is 432 g/mol. The highest BCUT2D eigenvalue weighted by atomic mass is 16.5. The number of rotatable bonds is 10. The zero-order valence-electron chi connectivity index (χ0n) is 17.5. The lowest BCUT2D eigenvalue weighted by Crippen LogP contribution is -2.10. The van der Waals surface area contributed by atoms with Crippen LogP contribution in [-0.4, -0.2) is 31.5 Å². The van der Waals surface area contributed by atoms with Gasteiger partial charge in [-0.2, -0.15) is 0 Å². The number of para-hydroxylation sites is 1. The fourth-order valence-corrected chi connectivity index (χ4v) is 3.26. The van der Waals surface area contributed by atoms with Gasteiger partial charge >= 0.3 is 0 Å². The molecule has 0 radical (unpaired) electrons. The molecule has 4 aromatic rings. The smallest absolute Gasteiger partial charge is 0.235 e. The second-order valence-electron chi connectivity index (χ2n) is 7.07. The molecule has 0 aliphatic heterocycles. The molecule has 0 bridgehead atoms. The van der Waals surface area contributed by atoms with Crippen LogP contribution in [-0.2, 0) is 11.3 Å². The van der Waals surface area contributed by atoms with Crippen LogP contribution in [0, 0.1) is 0 Å². The summed E-state index contributed by atoms with van der Waals surface area (Å²) >= 11 is 0. The molecule has 0 aliphatic carbocycles. The van der Waals surface area contributed by atoms with Crippen LogP contribution in [0.4, 0.5) is 0 Å². The largest absolute Gasteiger partial charge is 0.491 e. The maximum Gasteiger partial charge on any atom is 0.235 e. The molecule has 1 N–H and O–H groups in total. The van der Waals surface area contributed by atoms with Crippen molar-refractivity contribution in [1.82, 2.24) is 0 Å². The number of aliphatic hydroxyl groups excluding tert-OH is 1. The number of hydrogen-bond acceptors (Lipinski definition) is 6. The first-order valence-corrected chi connectivity index (χ1v) is 10.4. The number of benzene rings is 3. The molecule has 0 saturated carbocycles. The van der Waals surface area contributed by atoms with Crippen LogP contribution < -0.4 is 14.9 Å².